The first-order valence-corrected chi connectivity index (χ1v) is 10.2. The maximum absolute atomic E-state index is 6.16. The number of nitrogens with zero attached hydrogens (tertiary/aromatic N) is 3. The normalized spacial score (nSPS) is 24.4. The van der Waals surface area contributed by atoms with Gasteiger partial charge in [0.2, 0.25) is 0 Å². The second-order valence-corrected chi connectivity index (χ2v) is 7.87. The highest BCUT2D eigenvalue weighted by Gasteiger charge is 2.25. The van der Waals surface area contributed by atoms with Crippen molar-refractivity contribution in [3.05, 3.63) is 35.7 Å². The number of fused-ring (bicyclic) bond motifs is 2. The molecule has 148 valence electrons. The molecule has 5 rings (SSSR count). The lowest BCUT2D eigenvalue weighted by molar-refractivity contribution is 0.122. The number of rotatable bonds is 2. The van der Waals surface area contributed by atoms with E-state index in [1.807, 2.05) is 0 Å². The fourth-order valence-electron chi connectivity index (χ4n) is 4.43. The maximum Gasteiger partial charge on any atom is 0.143 e. The summed E-state index contributed by atoms with van der Waals surface area (Å²) in [7, 11) is 0. The SMILES string of the molecule is CC1CC(c2ccc3c(c2)Nc2ncnc(N4CCOCC4)c2CO3)CCN1. The number of hydrogen-bond donors (Lipinski definition) is 2. The van der Waals surface area contributed by atoms with Gasteiger partial charge < -0.3 is 25.0 Å². The number of nitrogens with one attached hydrogen (secondary N) is 2. The molecular weight excluding hydrogens is 354 g/mol. The summed E-state index contributed by atoms with van der Waals surface area (Å²) in [5.74, 6) is 3.24. The van der Waals surface area contributed by atoms with Crippen molar-refractivity contribution in [2.75, 3.05) is 43.1 Å². The molecule has 1 aromatic carbocycles. The summed E-state index contributed by atoms with van der Waals surface area (Å²) in [6, 6.07) is 7.11. The van der Waals surface area contributed by atoms with Crippen molar-refractivity contribution in [1.82, 2.24) is 15.3 Å². The van der Waals surface area contributed by atoms with Gasteiger partial charge >= 0.3 is 0 Å². The Labute approximate surface area is 165 Å². The highest BCUT2D eigenvalue weighted by Crippen LogP contribution is 2.39. The third-order valence-electron chi connectivity index (χ3n) is 5.96. The molecule has 2 unspecified atom stereocenters. The molecule has 28 heavy (non-hydrogen) atoms. The minimum absolute atomic E-state index is 0.465. The van der Waals surface area contributed by atoms with E-state index >= 15 is 0 Å². The third-order valence-corrected chi connectivity index (χ3v) is 5.96. The summed E-state index contributed by atoms with van der Waals surface area (Å²) >= 11 is 0. The molecule has 2 atom stereocenters. The van der Waals surface area contributed by atoms with Crippen molar-refractivity contribution in [2.45, 2.75) is 38.3 Å². The topological polar surface area (TPSA) is 71.5 Å². The number of hydrogen-bond acceptors (Lipinski definition) is 7. The van der Waals surface area contributed by atoms with Gasteiger partial charge in [-0.2, -0.15) is 0 Å². The van der Waals surface area contributed by atoms with Crippen molar-refractivity contribution < 1.29 is 9.47 Å². The molecule has 0 bridgehead atoms. The Balaban J connectivity index is 1.44. The summed E-state index contributed by atoms with van der Waals surface area (Å²) in [4.78, 5) is 11.3. The Morgan fingerprint density at radius 2 is 2.07 bits per heavy atom. The molecular formula is C21H27N5O2. The predicted octanol–water partition coefficient (Wildman–Crippen LogP) is 2.80. The molecule has 0 aliphatic carbocycles. The molecule has 0 saturated carbocycles. The zero-order chi connectivity index (χ0) is 18.9. The van der Waals surface area contributed by atoms with E-state index in [0.717, 1.165) is 61.5 Å². The van der Waals surface area contributed by atoms with Crippen molar-refractivity contribution in [1.29, 1.82) is 0 Å². The lowest BCUT2D eigenvalue weighted by Gasteiger charge is -2.29. The Morgan fingerprint density at radius 1 is 1.18 bits per heavy atom. The smallest absolute Gasteiger partial charge is 0.143 e. The first-order valence-electron chi connectivity index (χ1n) is 10.2. The highest BCUT2D eigenvalue weighted by molar-refractivity contribution is 5.71. The maximum atomic E-state index is 6.16. The monoisotopic (exact) mass is 381 g/mol. The van der Waals surface area contributed by atoms with Crippen LogP contribution in [0.1, 0.15) is 36.8 Å². The van der Waals surface area contributed by atoms with Crippen LogP contribution in [0.2, 0.25) is 0 Å². The van der Waals surface area contributed by atoms with Gasteiger partial charge in [-0.3, -0.25) is 0 Å². The molecule has 1 aromatic heterocycles. The fraction of sp³-hybridized carbons (Fsp3) is 0.524. The van der Waals surface area contributed by atoms with Crippen LogP contribution in [0.3, 0.4) is 0 Å². The number of piperidine rings is 1. The van der Waals surface area contributed by atoms with Gasteiger partial charge in [-0.25, -0.2) is 9.97 Å². The van der Waals surface area contributed by atoms with E-state index in [-0.39, 0.29) is 0 Å². The molecule has 0 radical (unpaired) electrons. The standard InChI is InChI=1S/C21H27N5O2/c1-14-10-16(4-5-22-14)15-2-3-19-18(11-15)25-20-17(12-28-19)21(24-13-23-20)26-6-8-27-9-7-26/h2-3,11,13-14,16,22H,4-10,12H2,1H3,(H,23,24,25). The Hall–Kier alpha value is -2.38. The summed E-state index contributed by atoms with van der Waals surface area (Å²) < 4.78 is 11.6. The van der Waals surface area contributed by atoms with Gasteiger partial charge in [0.25, 0.3) is 0 Å². The van der Waals surface area contributed by atoms with Crippen molar-refractivity contribution in [3.63, 3.8) is 0 Å². The van der Waals surface area contributed by atoms with Crippen LogP contribution < -0.4 is 20.3 Å². The molecule has 2 saturated heterocycles. The number of morpholine rings is 1. The van der Waals surface area contributed by atoms with Crippen LogP contribution in [0, 0.1) is 0 Å². The van der Waals surface area contributed by atoms with Gasteiger partial charge in [0.1, 0.15) is 30.3 Å². The summed E-state index contributed by atoms with van der Waals surface area (Å²) in [5, 5.41) is 7.06. The second kappa shape index (κ2) is 7.56. The van der Waals surface area contributed by atoms with Gasteiger partial charge in [-0.1, -0.05) is 6.07 Å². The number of anilines is 3. The number of ether oxygens (including phenoxy) is 2. The molecule has 7 nitrogen and oxygen atoms in total. The van der Waals surface area contributed by atoms with Crippen LogP contribution in [0.5, 0.6) is 5.75 Å². The van der Waals surface area contributed by atoms with E-state index in [0.29, 0.717) is 18.6 Å². The van der Waals surface area contributed by atoms with Gasteiger partial charge in [0, 0.05) is 19.1 Å². The third kappa shape index (κ3) is 3.40. The Morgan fingerprint density at radius 3 is 2.93 bits per heavy atom. The molecule has 4 heterocycles. The highest BCUT2D eigenvalue weighted by atomic mass is 16.5. The minimum atomic E-state index is 0.465. The predicted molar refractivity (Wildman–Crippen MR) is 109 cm³/mol. The van der Waals surface area contributed by atoms with E-state index in [2.05, 4.69) is 50.6 Å². The van der Waals surface area contributed by atoms with Gasteiger partial charge in [0.05, 0.1) is 24.5 Å². The van der Waals surface area contributed by atoms with E-state index in [4.69, 9.17) is 9.47 Å². The quantitative estimate of drug-likeness (QED) is 0.829. The Bertz CT molecular complexity index is 853. The van der Waals surface area contributed by atoms with Crippen LogP contribution in [0.15, 0.2) is 24.5 Å². The van der Waals surface area contributed by atoms with E-state index in [9.17, 15) is 0 Å². The minimum Gasteiger partial charge on any atom is -0.486 e. The first-order chi connectivity index (χ1) is 13.8. The lowest BCUT2D eigenvalue weighted by atomic mass is 9.86. The second-order valence-electron chi connectivity index (χ2n) is 7.87. The van der Waals surface area contributed by atoms with E-state index < -0.39 is 0 Å². The van der Waals surface area contributed by atoms with Crippen LogP contribution >= 0.6 is 0 Å². The average molecular weight is 381 g/mol. The zero-order valence-electron chi connectivity index (χ0n) is 16.3. The lowest BCUT2D eigenvalue weighted by Crippen LogP contribution is -2.37. The van der Waals surface area contributed by atoms with Crippen molar-refractivity contribution >= 4 is 17.3 Å². The van der Waals surface area contributed by atoms with Crippen LogP contribution in [0.25, 0.3) is 0 Å². The molecule has 7 heteroatoms. The molecule has 0 amide bonds. The first kappa shape index (κ1) is 17.7. The fourth-order valence-corrected chi connectivity index (χ4v) is 4.43. The number of aromatic nitrogens is 2. The molecule has 3 aliphatic heterocycles. The van der Waals surface area contributed by atoms with E-state index in [1.54, 1.807) is 6.33 Å². The molecule has 2 fully saturated rings. The molecule has 2 aromatic rings. The number of benzene rings is 1. The largest absolute Gasteiger partial charge is 0.486 e. The molecule has 3 aliphatic rings. The van der Waals surface area contributed by atoms with E-state index in [1.165, 1.54) is 18.4 Å². The van der Waals surface area contributed by atoms with Crippen LogP contribution in [0.4, 0.5) is 17.3 Å². The van der Waals surface area contributed by atoms with Crippen LogP contribution in [-0.4, -0.2) is 48.9 Å². The average Bonchev–Trinajstić information content (AvgIpc) is 2.93. The van der Waals surface area contributed by atoms with Gasteiger partial charge in [-0.15, -0.1) is 0 Å². The summed E-state index contributed by atoms with van der Waals surface area (Å²) in [6.45, 7) is 6.94. The van der Waals surface area contributed by atoms with Gasteiger partial charge in [0.15, 0.2) is 0 Å². The van der Waals surface area contributed by atoms with Gasteiger partial charge in [-0.05, 0) is 49.9 Å². The van der Waals surface area contributed by atoms with Crippen molar-refractivity contribution in [3.8, 4) is 5.75 Å². The summed E-state index contributed by atoms with van der Waals surface area (Å²) in [6.07, 6.45) is 3.98. The van der Waals surface area contributed by atoms with Crippen molar-refractivity contribution in [2.24, 2.45) is 0 Å². The zero-order valence-corrected chi connectivity index (χ0v) is 16.3. The summed E-state index contributed by atoms with van der Waals surface area (Å²) in [5.41, 5.74) is 3.38. The molecule has 0 spiro atoms. The Kier molecular flexibility index (Phi) is 4.78. The molecule has 2 N–H and O–H groups in total. The van der Waals surface area contributed by atoms with Crippen LogP contribution in [-0.2, 0) is 11.3 Å².